The largest absolute Gasteiger partial charge is 0.368 e. The van der Waals surface area contributed by atoms with Gasteiger partial charge in [0.2, 0.25) is 5.95 Å². The van der Waals surface area contributed by atoms with Gasteiger partial charge in [0.25, 0.3) is 0 Å². The lowest BCUT2D eigenvalue weighted by molar-refractivity contribution is 0.303. The van der Waals surface area contributed by atoms with Gasteiger partial charge >= 0.3 is 0 Å². The van der Waals surface area contributed by atoms with E-state index in [0.29, 0.717) is 12.0 Å². The van der Waals surface area contributed by atoms with Gasteiger partial charge in [0.1, 0.15) is 5.82 Å². The van der Waals surface area contributed by atoms with E-state index in [1.807, 2.05) is 6.07 Å². The average Bonchev–Trinajstić information content (AvgIpc) is 2.12. The predicted octanol–water partition coefficient (Wildman–Crippen LogP) is 1.27. The van der Waals surface area contributed by atoms with E-state index in [0.717, 1.165) is 11.7 Å². The van der Waals surface area contributed by atoms with Crippen molar-refractivity contribution in [2.45, 2.75) is 25.8 Å². The van der Waals surface area contributed by atoms with Crippen molar-refractivity contribution >= 4 is 11.8 Å². The number of nitrogens with two attached hydrogens (primary N) is 1. The van der Waals surface area contributed by atoms with Crippen molar-refractivity contribution in [1.82, 2.24) is 9.97 Å². The molecule has 0 radical (unpaired) electrons. The monoisotopic (exact) mass is 178 g/mol. The van der Waals surface area contributed by atoms with Gasteiger partial charge in [0, 0.05) is 12.2 Å². The molecule has 1 aliphatic rings. The van der Waals surface area contributed by atoms with E-state index in [4.69, 9.17) is 5.73 Å². The summed E-state index contributed by atoms with van der Waals surface area (Å²) < 4.78 is 0. The molecular weight excluding hydrogens is 164 g/mol. The molecule has 1 saturated carbocycles. The number of aromatic nitrogens is 2. The van der Waals surface area contributed by atoms with E-state index in [1.165, 1.54) is 12.8 Å². The average molecular weight is 178 g/mol. The van der Waals surface area contributed by atoms with Gasteiger partial charge in [0.15, 0.2) is 0 Å². The molecule has 1 aliphatic carbocycles. The second-order valence-electron chi connectivity index (χ2n) is 3.61. The molecule has 13 heavy (non-hydrogen) atoms. The first-order chi connectivity index (χ1) is 6.25. The molecule has 0 amide bonds. The van der Waals surface area contributed by atoms with Crippen molar-refractivity contribution < 1.29 is 0 Å². The minimum Gasteiger partial charge on any atom is -0.368 e. The summed E-state index contributed by atoms with van der Waals surface area (Å²) in [4.78, 5) is 7.92. The summed E-state index contributed by atoms with van der Waals surface area (Å²) in [6.07, 6.45) is 4.21. The summed E-state index contributed by atoms with van der Waals surface area (Å²) in [5, 5.41) is 3.34. The van der Waals surface area contributed by atoms with Crippen LogP contribution in [0.1, 0.15) is 19.8 Å². The van der Waals surface area contributed by atoms with Crippen LogP contribution in [0.15, 0.2) is 12.3 Å². The van der Waals surface area contributed by atoms with Crippen molar-refractivity contribution in [3.8, 4) is 0 Å². The minimum atomic E-state index is 0.331. The van der Waals surface area contributed by atoms with E-state index in [2.05, 4.69) is 22.2 Å². The first-order valence-electron chi connectivity index (χ1n) is 4.61. The smallest absolute Gasteiger partial charge is 0.221 e. The zero-order chi connectivity index (χ0) is 9.26. The fraction of sp³-hybridized carbons (Fsp3) is 0.556. The van der Waals surface area contributed by atoms with E-state index in [1.54, 1.807) is 6.20 Å². The minimum absolute atomic E-state index is 0.331. The molecule has 3 N–H and O–H groups in total. The fourth-order valence-corrected chi connectivity index (χ4v) is 1.53. The lowest BCUT2D eigenvalue weighted by Gasteiger charge is -2.34. The SMILES string of the molecule is CC1CCC1Nc1ccnc(N)n1. The summed E-state index contributed by atoms with van der Waals surface area (Å²) in [5.41, 5.74) is 5.47. The van der Waals surface area contributed by atoms with E-state index in [9.17, 15) is 0 Å². The molecule has 0 spiro atoms. The van der Waals surface area contributed by atoms with E-state index >= 15 is 0 Å². The van der Waals surface area contributed by atoms with Gasteiger partial charge in [-0.2, -0.15) is 4.98 Å². The Bertz CT molecular complexity index is 299. The Morgan fingerprint density at radius 1 is 1.54 bits per heavy atom. The van der Waals surface area contributed by atoms with Gasteiger partial charge in [-0.05, 0) is 24.8 Å². The third-order valence-electron chi connectivity index (χ3n) is 2.63. The van der Waals surface area contributed by atoms with Crippen molar-refractivity contribution in [3.63, 3.8) is 0 Å². The first kappa shape index (κ1) is 8.29. The van der Waals surface area contributed by atoms with E-state index < -0.39 is 0 Å². The topological polar surface area (TPSA) is 63.8 Å². The quantitative estimate of drug-likeness (QED) is 0.715. The van der Waals surface area contributed by atoms with Crippen LogP contribution in [-0.2, 0) is 0 Å². The van der Waals surface area contributed by atoms with Crippen LogP contribution < -0.4 is 11.1 Å². The highest BCUT2D eigenvalue weighted by atomic mass is 15.1. The number of anilines is 2. The second kappa shape index (κ2) is 3.20. The molecule has 0 bridgehead atoms. The highest BCUT2D eigenvalue weighted by Crippen LogP contribution is 2.29. The van der Waals surface area contributed by atoms with Crippen LogP contribution in [-0.4, -0.2) is 16.0 Å². The molecule has 2 atom stereocenters. The molecule has 0 saturated heterocycles. The van der Waals surface area contributed by atoms with Crippen molar-refractivity contribution in [2.24, 2.45) is 5.92 Å². The van der Waals surface area contributed by atoms with Crippen LogP contribution in [0.3, 0.4) is 0 Å². The molecule has 1 aromatic heterocycles. The van der Waals surface area contributed by atoms with E-state index in [-0.39, 0.29) is 0 Å². The maximum atomic E-state index is 5.47. The molecule has 2 unspecified atom stereocenters. The van der Waals surface area contributed by atoms with Gasteiger partial charge in [0.05, 0.1) is 0 Å². The number of nitrogen functional groups attached to an aromatic ring is 1. The summed E-state index contributed by atoms with van der Waals surface area (Å²) in [5.74, 6) is 1.91. The van der Waals surface area contributed by atoms with Gasteiger partial charge in [-0.25, -0.2) is 4.98 Å². The van der Waals surface area contributed by atoms with Crippen molar-refractivity contribution in [3.05, 3.63) is 12.3 Å². The standard InChI is InChI=1S/C9H14N4/c1-6-2-3-7(6)12-8-4-5-11-9(10)13-8/h4-7H,2-3H2,1H3,(H3,10,11,12,13). The number of hydrogen-bond donors (Lipinski definition) is 2. The summed E-state index contributed by atoms with van der Waals surface area (Å²) in [7, 11) is 0. The Kier molecular flexibility index (Phi) is 2.04. The van der Waals surface area contributed by atoms with Crippen LogP contribution in [0, 0.1) is 5.92 Å². The highest BCUT2D eigenvalue weighted by Gasteiger charge is 2.26. The normalized spacial score (nSPS) is 26.5. The lowest BCUT2D eigenvalue weighted by atomic mass is 9.81. The maximum Gasteiger partial charge on any atom is 0.221 e. The number of rotatable bonds is 2. The number of nitrogens with zero attached hydrogens (tertiary/aromatic N) is 2. The number of nitrogens with one attached hydrogen (secondary N) is 1. The van der Waals surface area contributed by atoms with Crippen LogP contribution in [0.25, 0.3) is 0 Å². The Morgan fingerprint density at radius 2 is 2.38 bits per heavy atom. The Hall–Kier alpha value is -1.32. The fourth-order valence-electron chi connectivity index (χ4n) is 1.53. The molecule has 0 aliphatic heterocycles. The predicted molar refractivity (Wildman–Crippen MR) is 52.3 cm³/mol. The molecule has 4 nitrogen and oxygen atoms in total. The van der Waals surface area contributed by atoms with Crippen molar-refractivity contribution in [1.29, 1.82) is 0 Å². The van der Waals surface area contributed by atoms with Crippen LogP contribution in [0.5, 0.6) is 0 Å². The van der Waals surface area contributed by atoms with Gasteiger partial charge in [-0.1, -0.05) is 6.92 Å². The third kappa shape index (κ3) is 1.71. The molecule has 70 valence electrons. The van der Waals surface area contributed by atoms with Crippen molar-refractivity contribution in [2.75, 3.05) is 11.1 Å². The van der Waals surface area contributed by atoms with Crippen LogP contribution in [0.4, 0.5) is 11.8 Å². The van der Waals surface area contributed by atoms with Gasteiger partial charge in [-0.3, -0.25) is 0 Å². The van der Waals surface area contributed by atoms with Crippen LogP contribution in [0.2, 0.25) is 0 Å². The molecule has 0 aromatic carbocycles. The zero-order valence-corrected chi connectivity index (χ0v) is 7.70. The first-order valence-corrected chi connectivity index (χ1v) is 4.61. The Balaban J connectivity index is 2.01. The molecular formula is C9H14N4. The summed E-state index contributed by atoms with van der Waals surface area (Å²) >= 11 is 0. The molecule has 4 heteroatoms. The lowest BCUT2D eigenvalue weighted by Crippen LogP contribution is -2.36. The molecule has 1 fully saturated rings. The maximum absolute atomic E-state index is 5.47. The number of hydrogen-bond acceptors (Lipinski definition) is 4. The van der Waals surface area contributed by atoms with Gasteiger partial charge in [-0.15, -0.1) is 0 Å². The Morgan fingerprint density at radius 3 is 2.92 bits per heavy atom. The van der Waals surface area contributed by atoms with Gasteiger partial charge < -0.3 is 11.1 Å². The molecule has 1 aromatic rings. The zero-order valence-electron chi connectivity index (χ0n) is 7.70. The molecule has 2 rings (SSSR count). The summed E-state index contributed by atoms with van der Waals surface area (Å²) in [6, 6.07) is 2.41. The summed E-state index contributed by atoms with van der Waals surface area (Å²) in [6.45, 7) is 2.24. The van der Waals surface area contributed by atoms with Crippen LogP contribution >= 0.6 is 0 Å². The molecule has 1 heterocycles. The third-order valence-corrected chi connectivity index (χ3v) is 2.63. The Labute approximate surface area is 77.6 Å². The second-order valence-corrected chi connectivity index (χ2v) is 3.61. The highest BCUT2D eigenvalue weighted by molar-refractivity contribution is 5.38.